The molecule has 0 aromatic heterocycles. The van der Waals surface area contributed by atoms with Gasteiger partial charge in [0, 0.05) is 24.2 Å². The molecular formula is C22H21FN6O3S. The number of halogens is 1. The maximum Gasteiger partial charge on any atom is 0.234 e. The Morgan fingerprint density at radius 1 is 1.18 bits per heavy atom. The molecule has 4 aliphatic heterocycles. The van der Waals surface area contributed by atoms with Crippen molar-refractivity contribution in [1.29, 1.82) is 0 Å². The maximum atomic E-state index is 13.3. The molecule has 3 N–H and O–H groups in total. The number of thioether (sulfide) groups is 1. The lowest BCUT2D eigenvalue weighted by Gasteiger charge is -2.36. The van der Waals surface area contributed by atoms with Crippen LogP contribution in [0.1, 0.15) is 18.0 Å². The molecule has 170 valence electrons. The lowest BCUT2D eigenvalue weighted by molar-refractivity contribution is -0.113. The molecule has 2 aromatic carbocycles. The number of hydrazine groups is 1. The van der Waals surface area contributed by atoms with Gasteiger partial charge in [0.25, 0.3) is 0 Å². The second-order valence-corrected chi connectivity index (χ2v) is 8.96. The van der Waals surface area contributed by atoms with Crippen LogP contribution in [0.15, 0.2) is 60.0 Å². The summed E-state index contributed by atoms with van der Waals surface area (Å²) >= 11 is 1.37. The van der Waals surface area contributed by atoms with Gasteiger partial charge in [-0.2, -0.15) is 5.10 Å². The zero-order valence-corrected chi connectivity index (χ0v) is 18.2. The standard InChI is InChI=1S/C22H21FN6O3S/c23-14-3-1-13(2-4-14)16-10-17-21-25-26-22(28(21)7-8-29(17)27-16)33-11-20(30)24-15-5-6-18-19(9-15)32-12-31-18/h1-9,16-17,21,25,27H,10-12H2,(H,24,30). The second kappa shape index (κ2) is 8.16. The number of ether oxygens (including phenoxy) is 2. The molecule has 33 heavy (non-hydrogen) atoms. The van der Waals surface area contributed by atoms with Crippen molar-refractivity contribution in [3.05, 3.63) is 66.2 Å². The van der Waals surface area contributed by atoms with Crippen LogP contribution >= 0.6 is 11.8 Å². The number of fused-ring (bicyclic) bond motifs is 4. The average molecular weight is 469 g/mol. The number of hydrazone groups is 1. The molecule has 4 heterocycles. The van der Waals surface area contributed by atoms with E-state index in [9.17, 15) is 9.18 Å². The molecule has 1 saturated heterocycles. The second-order valence-electron chi connectivity index (χ2n) is 8.02. The van der Waals surface area contributed by atoms with Gasteiger partial charge < -0.3 is 24.7 Å². The third kappa shape index (κ3) is 3.83. The Bertz CT molecular complexity index is 1140. The van der Waals surface area contributed by atoms with Crippen LogP contribution < -0.4 is 25.6 Å². The lowest BCUT2D eigenvalue weighted by atomic mass is 10.00. The number of rotatable bonds is 4. The SMILES string of the molecule is O=C(CSC1=NNC2C3CC(c4ccc(F)cc4)NN3C=CN12)Nc1ccc2c(c1)OCO2. The van der Waals surface area contributed by atoms with Gasteiger partial charge in [-0.1, -0.05) is 23.9 Å². The van der Waals surface area contributed by atoms with E-state index in [4.69, 9.17) is 9.47 Å². The minimum absolute atomic E-state index is 0.0487. The molecular weight excluding hydrogens is 447 g/mol. The first-order chi connectivity index (χ1) is 16.1. The Kier molecular flexibility index (Phi) is 4.99. The van der Waals surface area contributed by atoms with E-state index < -0.39 is 0 Å². The van der Waals surface area contributed by atoms with Crippen LogP contribution in [0.3, 0.4) is 0 Å². The summed E-state index contributed by atoms with van der Waals surface area (Å²) < 4.78 is 23.9. The van der Waals surface area contributed by atoms with Crippen LogP contribution in [0.4, 0.5) is 10.1 Å². The topological polar surface area (TPSA) is 90.5 Å². The third-order valence-electron chi connectivity index (χ3n) is 5.97. The van der Waals surface area contributed by atoms with Crippen LogP contribution in [0.25, 0.3) is 0 Å². The van der Waals surface area contributed by atoms with E-state index >= 15 is 0 Å². The van der Waals surface area contributed by atoms with Gasteiger partial charge in [0.1, 0.15) is 12.0 Å². The number of nitrogens with zero attached hydrogens (tertiary/aromatic N) is 3. The smallest absolute Gasteiger partial charge is 0.234 e. The predicted octanol–water partition coefficient (Wildman–Crippen LogP) is 2.53. The first-order valence-corrected chi connectivity index (χ1v) is 11.5. The third-order valence-corrected chi connectivity index (χ3v) is 6.93. The van der Waals surface area contributed by atoms with E-state index in [1.165, 1.54) is 23.9 Å². The molecule has 0 bridgehead atoms. The van der Waals surface area contributed by atoms with Crippen molar-refractivity contribution in [2.75, 3.05) is 17.9 Å². The molecule has 1 fully saturated rings. The summed E-state index contributed by atoms with van der Waals surface area (Å²) in [6.07, 6.45) is 4.71. The van der Waals surface area contributed by atoms with Gasteiger partial charge in [0.15, 0.2) is 16.7 Å². The summed E-state index contributed by atoms with van der Waals surface area (Å²) in [4.78, 5) is 14.5. The number of carbonyl (C=O) groups excluding carboxylic acids is 1. The summed E-state index contributed by atoms with van der Waals surface area (Å²) in [6.45, 7) is 0.193. The fraction of sp³-hybridized carbons (Fsp3) is 0.273. The van der Waals surface area contributed by atoms with Crippen molar-refractivity contribution < 1.29 is 18.7 Å². The molecule has 9 nitrogen and oxygen atoms in total. The summed E-state index contributed by atoms with van der Waals surface area (Å²) in [7, 11) is 0. The number of amides is 1. The van der Waals surface area contributed by atoms with E-state index in [0.29, 0.717) is 17.2 Å². The monoisotopic (exact) mass is 468 g/mol. The molecule has 0 aliphatic carbocycles. The number of nitrogens with one attached hydrogen (secondary N) is 3. The molecule has 6 rings (SSSR count). The highest BCUT2D eigenvalue weighted by atomic mass is 32.2. The Morgan fingerprint density at radius 3 is 2.91 bits per heavy atom. The number of carbonyl (C=O) groups is 1. The van der Waals surface area contributed by atoms with E-state index in [-0.39, 0.29) is 42.5 Å². The first kappa shape index (κ1) is 20.2. The number of anilines is 1. The molecule has 1 amide bonds. The van der Waals surface area contributed by atoms with Gasteiger partial charge in [-0.05, 0) is 36.2 Å². The van der Waals surface area contributed by atoms with Gasteiger partial charge in [0.05, 0.1) is 17.8 Å². The average Bonchev–Trinajstić information content (AvgIpc) is 3.55. The van der Waals surface area contributed by atoms with Crippen molar-refractivity contribution in [3.63, 3.8) is 0 Å². The van der Waals surface area contributed by atoms with Crippen molar-refractivity contribution in [2.45, 2.75) is 24.7 Å². The molecule has 4 aliphatic rings. The Labute approximate surface area is 193 Å². The van der Waals surface area contributed by atoms with Gasteiger partial charge in [0.2, 0.25) is 12.7 Å². The molecule has 0 spiro atoms. The molecule has 0 radical (unpaired) electrons. The highest BCUT2D eigenvalue weighted by Crippen LogP contribution is 2.36. The molecule has 2 aromatic rings. The van der Waals surface area contributed by atoms with E-state index in [2.05, 4.69) is 31.2 Å². The fourth-order valence-corrected chi connectivity index (χ4v) is 5.14. The zero-order valence-electron chi connectivity index (χ0n) is 17.4. The molecule has 3 unspecified atom stereocenters. The van der Waals surface area contributed by atoms with Gasteiger partial charge in [-0.25, -0.2) is 9.82 Å². The van der Waals surface area contributed by atoms with E-state index in [1.807, 2.05) is 24.5 Å². The minimum Gasteiger partial charge on any atom is -0.454 e. The number of amidine groups is 1. The minimum atomic E-state index is -0.240. The summed E-state index contributed by atoms with van der Waals surface area (Å²) in [5.41, 5.74) is 8.37. The fourth-order valence-electron chi connectivity index (χ4n) is 4.36. The van der Waals surface area contributed by atoms with E-state index in [1.54, 1.807) is 18.2 Å². The number of hydrogen-bond acceptors (Lipinski definition) is 9. The first-order valence-electron chi connectivity index (χ1n) is 10.6. The van der Waals surface area contributed by atoms with Gasteiger partial charge in [-0.15, -0.1) is 0 Å². The summed E-state index contributed by atoms with van der Waals surface area (Å²) in [5, 5.41) is 10.1. The number of hydrogen-bond donors (Lipinski definition) is 3. The van der Waals surface area contributed by atoms with Gasteiger partial charge >= 0.3 is 0 Å². The molecule has 3 atom stereocenters. The van der Waals surface area contributed by atoms with Crippen LogP contribution in [-0.4, -0.2) is 45.7 Å². The Hall–Kier alpha value is -3.44. The highest BCUT2D eigenvalue weighted by Gasteiger charge is 2.44. The van der Waals surface area contributed by atoms with Crippen molar-refractivity contribution in [1.82, 2.24) is 20.8 Å². The lowest BCUT2D eigenvalue weighted by Crippen LogP contribution is -2.54. The zero-order chi connectivity index (χ0) is 22.4. The Morgan fingerprint density at radius 2 is 2.03 bits per heavy atom. The predicted molar refractivity (Wildman–Crippen MR) is 122 cm³/mol. The van der Waals surface area contributed by atoms with E-state index in [0.717, 1.165) is 17.2 Å². The van der Waals surface area contributed by atoms with Crippen molar-refractivity contribution in [2.24, 2.45) is 5.10 Å². The largest absolute Gasteiger partial charge is 0.454 e. The number of benzene rings is 2. The normalized spacial score (nSPS) is 24.3. The Balaban J connectivity index is 1.05. The van der Waals surface area contributed by atoms with Crippen molar-refractivity contribution >= 4 is 28.5 Å². The van der Waals surface area contributed by atoms with Crippen LogP contribution in [-0.2, 0) is 4.79 Å². The summed E-state index contributed by atoms with van der Waals surface area (Å²) in [5.74, 6) is 1.15. The summed E-state index contributed by atoms with van der Waals surface area (Å²) in [6, 6.07) is 12.1. The van der Waals surface area contributed by atoms with Crippen LogP contribution in [0.5, 0.6) is 11.5 Å². The molecule has 0 saturated carbocycles. The molecule has 11 heteroatoms. The van der Waals surface area contributed by atoms with Crippen molar-refractivity contribution in [3.8, 4) is 11.5 Å². The quantitative estimate of drug-likeness (QED) is 0.631. The van der Waals surface area contributed by atoms with Crippen LogP contribution in [0, 0.1) is 5.82 Å². The maximum absolute atomic E-state index is 13.3. The van der Waals surface area contributed by atoms with Crippen LogP contribution in [0.2, 0.25) is 0 Å². The highest BCUT2D eigenvalue weighted by molar-refractivity contribution is 8.14. The van der Waals surface area contributed by atoms with Gasteiger partial charge in [-0.3, -0.25) is 10.2 Å².